The number of carboxylic acid groups (broad SMARTS) is 1. The maximum Gasteiger partial charge on any atom is 0.328 e. The van der Waals surface area contributed by atoms with Crippen LogP contribution in [0.3, 0.4) is 0 Å². The number of rotatable bonds is 4. The lowest BCUT2D eigenvalue weighted by molar-refractivity contribution is -0.131. The van der Waals surface area contributed by atoms with Gasteiger partial charge in [-0.15, -0.1) is 0 Å². The van der Waals surface area contributed by atoms with Crippen LogP contribution in [0.15, 0.2) is 29.8 Å². The van der Waals surface area contributed by atoms with Gasteiger partial charge in [0.15, 0.2) is 0 Å². The number of allylic oxidation sites excluding steroid dienone is 1. The van der Waals surface area contributed by atoms with Gasteiger partial charge in [-0.05, 0) is 31.5 Å². The van der Waals surface area contributed by atoms with Crippen LogP contribution in [-0.2, 0) is 11.2 Å². The summed E-state index contributed by atoms with van der Waals surface area (Å²) in [6, 6.07) is 4.18. The summed E-state index contributed by atoms with van der Waals surface area (Å²) in [7, 11) is 1.49. The molecule has 0 amide bonds. The Bertz CT molecular complexity index is 424. The number of methoxy groups -OCH3 is 1. The fraction of sp³-hybridized carbons (Fsp3) is 0.250. The second-order valence-corrected chi connectivity index (χ2v) is 3.46. The Labute approximate surface area is 93.2 Å². The lowest BCUT2D eigenvalue weighted by Gasteiger charge is -2.08. The summed E-state index contributed by atoms with van der Waals surface area (Å²) in [5.74, 6) is -0.814. The van der Waals surface area contributed by atoms with Gasteiger partial charge in [0.2, 0.25) is 0 Å². The molecular weight excluding hydrogens is 211 g/mol. The standard InChI is InChI=1S/C12H13FO3/c1-8(6-12(14)15)5-9-7-10(13)3-4-11(9)16-2/h3-4,6-7H,5H2,1-2H3,(H,14,15)/b8-6+. The van der Waals surface area contributed by atoms with Crippen molar-refractivity contribution in [2.24, 2.45) is 0 Å². The van der Waals surface area contributed by atoms with Gasteiger partial charge in [0.05, 0.1) is 7.11 Å². The zero-order chi connectivity index (χ0) is 12.1. The topological polar surface area (TPSA) is 46.5 Å². The highest BCUT2D eigenvalue weighted by molar-refractivity contribution is 5.80. The highest BCUT2D eigenvalue weighted by Gasteiger charge is 2.06. The molecule has 0 saturated carbocycles. The van der Waals surface area contributed by atoms with Crippen molar-refractivity contribution in [3.63, 3.8) is 0 Å². The van der Waals surface area contributed by atoms with Crippen molar-refractivity contribution in [3.8, 4) is 5.75 Å². The summed E-state index contributed by atoms with van der Waals surface area (Å²) in [6.07, 6.45) is 1.46. The molecule has 0 aromatic heterocycles. The van der Waals surface area contributed by atoms with Crippen LogP contribution in [0, 0.1) is 5.82 Å². The van der Waals surface area contributed by atoms with E-state index in [-0.39, 0.29) is 5.82 Å². The van der Waals surface area contributed by atoms with E-state index in [2.05, 4.69) is 0 Å². The molecule has 1 aromatic rings. The van der Waals surface area contributed by atoms with Crippen LogP contribution in [0.4, 0.5) is 4.39 Å². The van der Waals surface area contributed by atoms with Crippen LogP contribution >= 0.6 is 0 Å². The average molecular weight is 224 g/mol. The molecule has 4 heteroatoms. The predicted molar refractivity (Wildman–Crippen MR) is 58.0 cm³/mol. The first-order chi connectivity index (χ1) is 7.52. The summed E-state index contributed by atoms with van der Waals surface area (Å²) in [5, 5.41) is 8.56. The molecule has 0 heterocycles. The molecule has 1 aromatic carbocycles. The van der Waals surface area contributed by atoms with E-state index in [1.54, 1.807) is 6.92 Å². The second kappa shape index (κ2) is 5.30. The van der Waals surface area contributed by atoms with Crippen LogP contribution < -0.4 is 4.74 Å². The molecular formula is C12H13FO3. The van der Waals surface area contributed by atoms with E-state index in [0.29, 0.717) is 23.3 Å². The van der Waals surface area contributed by atoms with Crippen molar-refractivity contribution in [2.75, 3.05) is 7.11 Å². The highest BCUT2D eigenvalue weighted by Crippen LogP contribution is 2.22. The summed E-state index contributed by atoms with van der Waals surface area (Å²) in [6.45, 7) is 1.68. The van der Waals surface area contributed by atoms with Gasteiger partial charge in [-0.2, -0.15) is 0 Å². The Morgan fingerprint density at radius 1 is 1.56 bits per heavy atom. The number of carboxylic acids is 1. The number of carbonyl (C=O) groups is 1. The van der Waals surface area contributed by atoms with Crippen molar-refractivity contribution in [1.29, 1.82) is 0 Å². The maximum atomic E-state index is 13.0. The van der Waals surface area contributed by atoms with Crippen LogP contribution in [0.1, 0.15) is 12.5 Å². The summed E-state index contributed by atoms with van der Waals surface area (Å²) in [4.78, 5) is 10.4. The molecule has 16 heavy (non-hydrogen) atoms. The first-order valence-electron chi connectivity index (χ1n) is 4.75. The smallest absolute Gasteiger partial charge is 0.328 e. The molecule has 0 spiro atoms. The molecule has 0 fully saturated rings. The van der Waals surface area contributed by atoms with Crippen LogP contribution in [0.5, 0.6) is 5.75 Å². The van der Waals surface area contributed by atoms with Crippen LogP contribution in [0.2, 0.25) is 0 Å². The number of aliphatic carboxylic acids is 1. The van der Waals surface area contributed by atoms with E-state index >= 15 is 0 Å². The van der Waals surface area contributed by atoms with E-state index < -0.39 is 5.97 Å². The molecule has 0 aliphatic heterocycles. The minimum absolute atomic E-state index is 0.354. The molecule has 1 rings (SSSR count). The van der Waals surface area contributed by atoms with Gasteiger partial charge in [-0.25, -0.2) is 9.18 Å². The number of halogens is 1. The highest BCUT2D eigenvalue weighted by atomic mass is 19.1. The lowest BCUT2D eigenvalue weighted by Crippen LogP contribution is -1.97. The minimum Gasteiger partial charge on any atom is -0.496 e. The van der Waals surface area contributed by atoms with E-state index in [9.17, 15) is 9.18 Å². The van der Waals surface area contributed by atoms with E-state index in [0.717, 1.165) is 6.08 Å². The van der Waals surface area contributed by atoms with Crippen LogP contribution in [0.25, 0.3) is 0 Å². The lowest BCUT2D eigenvalue weighted by atomic mass is 10.0. The van der Waals surface area contributed by atoms with Gasteiger partial charge in [-0.3, -0.25) is 0 Å². The van der Waals surface area contributed by atoms with Gasteiger partial charge in [0.25, 0.3) is 0 Å². The summed E-state index contributed by atoms with van der Waals surface area (Å²) in [5.41, 5.74) is 1.27. The predicted octanol–water partition coefficient (Wildman–Crippen LogP) is 2.41. The monoisotopic (exact) mass is 224 g/mol. The molecule has 0 atom stereocenters. The SMILES string of the molecule is COc1ccc(F)cc1C/C(C)=C/C(=O)O. The molecule has 0 unspecified atom stereocenters. The molecule has 0 bridgehead atoms. The molecule has 0 radical (unpaired) electrons. The molecule has 3 nitrogen and oxygen atoms in total. The van der Waals surface area contributed by atoms with Crippen molar-refractivity contribution in [2.45, 2.75) is 13.3 Å². The number of hydrogen-bond donors (Lipinski definition) is 1. The van der Waals surface area contributed by atoms with E-state index in [1.807, 2.05) is 0 Å². The Kier molecular flexibility index (Phi) is 4.05. The molecule has 86 valence electrons. The fourth-order valence-corrected chi connectivity index (χ4v) is 1.45. The van der Waals surface area contributed by atoms with Gasteiger partial charge in [-0.1, -0.05) is 5.57 Å². The van der Waals surface area contributed by atoms with Gasteiger partial charge < -0.3 is 9.84 Å². The van der Waals surface area contributed by atoms with Gasteiger partial charge >= 0.3 is 5.97 Å². The average Bonchev–Trinajstić information content (AvgIpc) is 2.16. The summed E-state index contributed by atoms with van der Waals surface area (Å²) >= 11 is 0. The van der Waals surface area contributed by atoms with Gasteiger partial charge in [0.1, 0.15) is 11.6 Å². The Hall–Kier alpha value is -1.84. The molecule has 0 aliphatic rings. The van der Waals surface area contributed by atoms with Crippen molar-refractivity contribution >= 4 is 5.97 Å². The molecule has 1 N–H and O–H groups in total. The molecule has 0 saturated heterocycles. The first kappa shape index (κ1) is 12.2. The Morgan fingerprint density at radius 2 is 2.25 bits per heavy atom. The first-order valence-corrected chi connectivity index (χ1v) is 4.75. The number of benzene rings is 1. The van der Waals surface area contributed by atoms with Crippen molar-refractivity contribution in [3.05, 3.63) is 41.2 Å². The van der Waals surface area contributed by atoms with Crippen LogP contribution in [-0.4, -0.2) is 18.2 Å². The van der Waals surface area contributed by atoms with Crippen molar-refractivity contribution < 1.29 is 19.0 Å². The number of hydrogen-bond acceptors (Lipinski definition) is 2. The number of ether oxygens (including phenoxy) is 1. The van der Waals surface area contributed by atoms with Gasteiger partial charge in [0, 0.05) is 11.6 Å². The normalized spacial score (nSPS) is 11.3. The third kappa shape index (κ3) is 3.38. The Morgan fingerprint density at radius 3 is 2.81 bits per heavy atom. The summed E-state index contributed by atoms with van der Waals surface area (Å²) < 4.78 is 18.1. The quantitative estimate of drug-likeness (QED) is 0.799. The zero-order valence-corrected chi connectivity index (χ0v) is 9.16. The van der Waals surface area contributed by atoms with Crippen molar-refractivity contribution in [1.82, 2.24) is 0 Å². The third-order valence-corrected chi connectivity index (χ3v) is 2.08. The largest absolute Gasteiger partial charge is 0.496 e. The Balaban J connectivity index is 2.95. The van der Waals surface area contributed by atoms with E-state index in [1.165, 1.54) is 25.3 Å². The third-order valence-electron chi connectivity index (χ3n) is 2.08. The fourth-order valence-electron chi connectivity index (χ4n) is 1.45. The van der Waals surface area contributed by atoms with E-state index in [4.69, 9.17) is 9.84 Å². The zero-order valence-electron chi connectivity index (χ0n) is 9.16. The maximum absolute atomic E-state index is 13.0. The molecule has 0 aliphatic carbocycles. The minimum atomic E-state index is -1.01. The second-order valence-electron chi connectivity index (χ2n) is 3.46.